The quantitative estimate of drug-likeness (QED) is 0.862. The summed E-state index contributed by atoms with van der Waals surface area (Å²) in [4.78, 5) is 4.31. The number of aliphatic hydroxyl groups excluding tert-OH is 1. The van der Waals surface area contributed by atoms with Crippen molar-refractivity contribution in [3.63, 3.8) is 0 Å². The van der Waals surface area contributed by atoms with Gasteiger partial charge in [0.1, 0.15) is 0 Å². The lowest BCUT2D eigenvalue weighted by atomic mass is 9.83. The molecule has 0 spiro atoms. The Hall–Kier alpha value is -1.61. The van der Waals surface area contributed by atoms with E-state index in [1.54, 1.807) is 0 Å². The molecular formula is C17H20N2O. The molecule has 1 fully saturated rings. The highest BCUT2D eigenvalue weighted by Crippen LogP contribution is 2.52. The molecule has 3 nitrogen and oxygen atoms in total. The van der Waals surface area contributed by atoms with E-state index in [1.807, 2.05) is 12.5 Å². The fourth-order valence-corrected chi connectivity index (χ4v) is 4.06. The maximum atomic E-state index is 10.7. The van der Waals surface area contributed by atoms with E-state index >= 15 is 0 Å². The van der Waals surface area contributed by atoms with Crippen LogP contribution in [0.1, 0.15) is 38.3 Å². The minimum atomic E-state index is -0.256. The minimum absolute atomic E-state index is 0.0168. The van der Waals surface area contributed by atoms with Crippen molar-refractivity contribution >= 4 is 0 Å². The smallest absolute Gasteiger partial charge is 0.0956 e. The van der Waals surface area contributed by atoms with Crippen molar-refractivity contribution in [2.45, 2.75) is 38.8 Å². The summed E-state index contributed by atoms with van der Waals surface area (Å²) in [5, 5.41) is 10.7. The van der Waals surface area contributed by atoms with E-state index in [2.05, 4.69) is 47.7 Å². The van der Waals surface area contributed by atoms with Crippen LogP contribution in [-0.4, -0.2) is 20.8 Å². The third-order valence-corrected chi connectivity index (χ3v) is 5.25. The van der Waals surface area contributed by atoms with Crippen molar-refractivity contribution < 1.29 is 5.11 Å². The summed E-state index contributed by atoms with van der Waals surface area (Å²) in [5.41, 5.74) is 3.81. The average molecular weight is 268 g/mol. The van der Waals surface area contributed by atoms with Crippen molar-refractivity contribution in [2.24, 2.45) is 11.3 Å². The summed E-state index contributed by atoms with van der Waals surface area (Å²) < 4.78 is 2.25. The second-order valence-corrected chi connectivity index (χ2v) is 6.85. The molecule has 1 N–H and O–H groups in total. The van der Waals surface area contributed by atoms with Crippen LogP contribution in [0.2, 0.25) is 0 Å². The molecule has 2 aliphatic rings. The number of aliphatic hydroxyl groups is 1. The first-order chi connectivity index (χ1) is 9.59. The summed E-state index contributed by atoms with van der Waals surface area (Å²) in [5.74, 6) is 0.279. The Morgan fingerprint density at radius 1 is 1.30 bits per heavy atom. The van der Waals surface area contributed by atoms with Crippen LogP contribution in [0, 0.1) is 11.3 Å². The van der Waals surface area contributed by atoms with E-state index in [-0.39, 0.29) is 23.5 Å². The molecule has 1 saturated carbocycles. The Balaban J connectivity index is 1.84. The lowest BCUT2D eigenvalue weighted by Gasteiger charge is -2.30. The molecular weight excluding hydrogens is 248 g/mol. The fourth-order valence-electron chi connectivity index (χ4n) is 4.06. The fraction of sp³-hybridized carbons (Fsp3) is 0.471. The molecule has 0 radical (unpaired) electrons. The van der Waals surface area contributed by atoms with Gasteiger partial charge in [-0.15, -0.1) is 0 Å². The van der Waals surface area contributed by atoms with Crippen LogP contribution in [0.3, 0.4) is 0 Å². The first-order valence-electron chi connectivity index (χ1n) is 7.39. The van der Waals surface area contributed by atoms with E-state index in [0.29, 0.717) is 0 Å². The van der Waals surface area contributed by atoms with Crippen molar-refractivity contribution in [3.8, 4) is 11.3 Å². The van der Waals surface area contributed by atoms with Gasteiger partial charge in [-0.3, -0.25) is 0 Å². The highest BCUT2D eigenvalue weighted by molar-refractivity contribution is 5.69. The summed E-state index contributed by atoms with van der Waals surface area (Å²) in [7, 11) is 0. The van der Waals surface area contributed by atoms with Gasteiger partial charge in [0.15, 0.2) is 0 Å². The van der Waals surface area contributed by atoms with Crippen molar-refractivity contribution in [3.05, 3.63) is 42.4 Å². The molecule has 0 bridgehead atoms. The standard InChI is InChI=1S/C17H20N2O/c1-17(2)8-7-13(16(17)20)15-12-6-4-3-5-11(12)14-9-18-10-19(14)15/h3-6,9-10,13,15-16,20H,7-8H2,1-2H3/t13-,15+,16+/m0/s1. The van der Waals surface area contributed by atoms with Crippen LogP contribution >= 0.6 is 0 Å². The number of benzene rings is 1. The zero-order valence-electron chi connectivity index (χ0n) is 12.0. The van der Waals surface area contributed by atoms with Gasteiger partial charge in [0, 0.05) is 11.5 Å². The maximum absolute atomic E-state index is 10.7. The number of imidazole rings is 1. The highest BCUT2D eigenvalue weighted by Gasteiger charge is 2.47. The molecule has 0 unspecified atom stereocenters. The van der Waals surface area contributed by atoms with E-state index in [1.165, 1.54) is 16.8 Å². The normalized spacial score (nSPS) is 30.2. The number of hydrogen-bond acceptors (Lipinski definition) is 2. The van der Waals surface area contributed by atoms with E-state index < -0.39 is 0 Å². The van der Waals surface area contributed by atoms with Gasteiger partial charge in [-0.2, -0.15) is 0 Å². The number of rotatable bonds is 1. The van der Waals surface area contributed by atoms with Gasteiger partial charge in [0.05, 0.1) is 30.4 Å². The molecule has 1 aliphatic heterocycles. The zero-order chi connectivity index (χ0) is 13.9. The number of nitrogens with zero attached hydrogens (tertiary/aromatic N) is 2. The predicted molar refractivity (Wildman–Crippen MR) is 78.3 cm³/mol. The molecule has 0 saturated heterocycles. The van der Waals surface area contributed by atoms with Crippen molar-refractivity contribution in [1.82, 2.24) is 9.55 Å². The summed E-state index contributed by atoms with van der Waals surface area (Å²) in [6.07, 6.45) is 5.75. The molecule has 4 rings (SSSR count). The van der Waals surface area contributed by atoms with Crippen LogP contribution in [-0.2, 0) is 0 Å². The average Bonchev–Trinajstić information content (AvgIpc) is 3.07. The number of hydrogen-bond donors (Lipinski definition) is 1. The number of aromatic nitrogens is 2. The van der Waals surface area contributed by atoms with Crippen molar-refractivity contribution in [2.75, 3.05) is 0 Å². The molecule has 2 aromatic rings. The van der Waals surface area contributed by atoms with Crippen LogP contribution < -0.4 is 0 Å². The Kier molecular flexibility index (Phi) is 2.40. The Morgan fingerprint density at radius 2 is 2.10 bits per heavy atom. The van der Waals surface area contributed by atoms with E-state index in [4.69, 9.17) is 0 Å². The third-order valence-electron chi connectivity index (χ3n) is 5.25. The van der Waals surface area contributed by atoms with E-state index in [0.717, 1.165) is 12.8 Å². The molecule has 20 heavy (non-hydrogen) atoms. The van der Waals surface area contributed by atoms with Gasteiger partial charge in [-0.1, -0.05) is 38.1 Å². The Labute approximate surface area is 119 Å². The lowest BCUT2D eigenvalue weighted by Crippen LogP contribution is -2.32. The van der Waals surface area contributed by atoms with Crippen LogP contribution in [0.25, 0.3) is 11.3 Å². The third kappa shape index (κ3) is 1.47. The van der Waals surface area contributed by atoms with Gasteiger partial charge in [-0.05, 0) is 23.8 Å². The second kappa shape index (κ2) is 3.95. The first-order valence-corrected chi connectivity index (χ1v) is 7.39. The van der Waals surface area contributed by atoms with Gasteiger partial charge in [-0.25, -0.2) is 4.98 Å². The van der Waals surface area contributed by atoms with Gasteiger partial charge in [0.2, 0.25) is 0 Å². The van der Waals surface area contributed by atoms with Crippen LogP contribution in [0.5, 0.6) is 0 Å². The Bertz CT molecular complexity index is 659. The van der Waals surface area contributed by atoms with Gasteiger partial charge < -0.3 is 9.67 Å². The summed E-state index contributed by atoms with van der Waals surface area (Å²) in [6, 6.07) is 8.77. The molecule has 3 atom stereocenters. The molecule has 1 aromatic heterocycles. The number of fused-ring (bicyclic) bond motifs is 3. The first kappa shape index (κ1) is 12.2. The molecule has 1 aromatic carbocycles. The minimum Gasteiger partial charge on any atom is -0.392 e. The molecule has 2 heterocycles. The summed E-state index contributed by atoms with van der Waals surface area (Å²) in [6.45, 7) is 4.35. The zero-order valence-corrected chi connectivity index (χ0v) is 12.0. The SMILES string of the molecule is CC1(C)CC[C@@H]([C@H]2c3ccccc3-c3cncn32)[C@H]1O. The van der Waals surface area contributed by atoms with Crippen molar-refractivity contribution in [1.29, 1.82) is 0 Å². The Morgan fingerprint density at radius 3 is 2.85 bits per heavy atom. The molecule has 3 heteroatoms. The largest absolute Gasteiger partial charge is 0.392 e. The predicted octanol–water partition coefficient (Wildman–Crippen LogP) is 3.25. The monoisotopic (exact) mass is 268 g/mol. The van der Waals surface area contributed by atoms with Crippen LogP contribution in [0.15, 0.2) is 36.8 Å². The highest BCUT2D eigenvalue weighted by atomic mass is 16.3. The van der Waals surface area contributed by atoms with Gasteiger partial charge >= 0.3 is 0 Å². The topological polar surface area (TPSA) is 38.0 Å². The maximum Gasteiger partial charge on any atom is 0.0956 e. The van der Waals surface area contributed by atoms with E-state index in [9.17, 15) is 5.11 Å². The molecule has 1 aliphatic carbocycles. The van der Waals surface area contributed by atoms with Crippen LogP contribution in [0.4, 0.5) is 0 Å². The molecule has 0 amide bonds. The molecule has 104 valence electrons. The summed E-state index contributed by atoms with van der Waals surface area (Å²) >= 11 is 0. The lowest BCUT2D eigenvalue weighted by molar-refractivity contribution is 0.0344. The van der Waals surface area contributed by atoms with Gasteiger partial charge in [0.25, 0.3) is 0 Å². The second-order valence-electron chi connectivity index (χ2n) is 6.85.